The Morgan fingerprint density at radius 2 is 2.00 bits per heavy atom. The fourth-order valence-corrected chi connectivity index (χ4v) is 1.46. The number of aliphatic carboxylic acids is 1. The van der Waals surface area contributed by atoms with Crippen molar-refractivity contribution in [3.63, 3.8) is 0 Å². The van der Waals surface area contributed by atoms with E-state index in [9.17, 15) is 9.59 Å². The molecule has 0 aliphatic rings. The summed E-state index contributed by atoms with van der Waals surface area (Å²) in [5.41, 5.74) is 1.39. The third-order valence-corrected chi connectivity index (χ3v) is 2.51. The van der Waals surface area contributed by atoms with Crippen LogP contribution in [0.5, 0.6) is 0 Å². The van der Waals surface area contributed by atoms with Crippen molar-refractivity contribution in [1.82, 2.24) is 5.32 Å². The number of rotatable bonds is 5. The minimum atomic E-state index is -1.07. The van der Waals surface area contributed by atoms with Crippen molar-refractivity contribution < 1.29 is 14.7 Å². The van der Waals surface area contributed by atoms with Gasteiger partial charge in [0, 0.05) is 5.69 Å². The van der Waals surface area contributed by atoms with Crippen LogP contribution in [0.2, 0.25) is 0 Å². The molecule has 6 heteroatoms. The van der Waals surface area contributed by atoms with Crippen molar-refractivity contribution >= 4 is 17.7 Å². The van der Waals surface area contributed by atoms with Gasteiger partial charge in [-0.2, -0.15) is 5.26 Å². The van der Waals surface area contributed by atoms with Gasteiger partial charge in [0.25, 0.3) is 0 Å². The van der Waals surface area contributed by atoms with Crippen LogP contribution in [-0.4, -0.2) is 23.1 Å². The zero-order chi connectivity index (χ0) is 14.3. The molecular weight excluding hydrogens is 246 g/mol. The van der Waals surface area contributed by atoms with Crippen LogP contribution in [0.3, 0.4) is 0 Å². The predicted molar refractivity (Wildman–Crippen MR) is 69.6 cm³/mol. The van der Waals surface area contributed by atoms with E-state index < -0.39 is 18.0 Å². The van der Waals surface area contributed by atoms with Crippen molar-refractivity contribution in [2.45, 2.75) is 25.8 Å². The van der Waals surface area contributed by atoms with E-state index in [4.69, 9.17) is 10.4 Å². The zero-order valence-corrected chi connectivity index (χ0v) is 10.5. The van der Waals surface area contributed by atoms with Gasteiger partial charge in [-0.15, -0.1) is 0 Å². The minimum absolute atomic E-state index is 0.309. The highest BCUT2D eigenvalue weighted by Crippen LogP contribution is 2.09. The molecule has 0 fully saturated rings. The number of nitriles is 1. The van der Waals surface area contributed by atoms with Crippen LogP contribution in [0.25, 0.3) is 0 Å². The van der Waals surface area contributed by atoms with E-state index in [-0.39, 0.29) is 0 Å². The molecular formula is C13H15N3O3. The molecule has 1 rings (SSSR count). The highest BCUT2D eigenvalue weighted by atomic mass is 16.4. The van der Waals surface area contributed by atoms with Crippen LogP contribution < -0.4 is 10.6 Å². The number of hydrogen-bond donors (Lipinski definition) is 3. The molecule has 0 unspecified atom stereocenters. The molecule has 0 saturated heterocycles. The van der Waals surface area contributed by atoms with Gasteiger partial charge in [-0.3, -0.25) is 0 Å². The Labute approximate surface area is 111 Å². The second-order valence-corrected chi connectivity index (χ2v) is 3.93. The summed E-state index contributed by atoms with van der Waals surface area (Å²) >= 11 is 0. The van der Waals surface area contributed by atoms with Crippen molar-refractivity contribution in [3.05, 3.63) is 29.8 Å². The molecule has 0 bridgehead atoms. The molecule has 1 aromatic rings. The van der Waals surface area contributed by atoms with E-state index in [1.54, 1.807) is 31.2 Å². The fourth-order valence-electron chi connectivity index (χ4n) is 1.46. The van der Waals surface area contributed by atoms with E-state index in [0.717, 1.165) is 5.56 Å². The fraction of sp³-hybridized carbons (Fsp3) is 0.308. The molecule has 19 heavy (non-hydrogen) atoms. The number of anilines is 1. The van der Waals surface area contributed by atoms with Gasteiger partial charge in [-0.05, 0) is 24.1 Å². The lowest BCUT2D eigenvalue weighted by Crippen LogP contribution is -2.42. The van der Waals surface area contributed by atoms with Gasteiger partial charge in [-0.25, -0.2) is 9.59 Å². The van der Waals surface area contributed by atoms with Gasteiger partial charge in [-0.1, -0.05) is 19.1 Å². The average Bonchev–Trinajstić information content (AvgIpc) is 2.38. The van der Waals surface area contributed by atoms with Crippen molar-refractivity contribution in [2.24, 2.45) is 0 Å². The minimum Gasteiger partial charge on any atom is -0.480 e. The summed E-state index contributed by atoms with van der Waals surface area (Å²) in [5, 5.41) is 22.2. The molecule has 6 nitrogen and oxygen atoms in total. The van der Waals surface area contributed by atoms with Gasteiger partial charge >= 0.3 is 12.0 Å². The molecule has 2 amide bonds. The topological polar surface area (TPSA) is 102 Å². The van der Waals surface area contributed by atoms with Crippen molar-refractivity contribution in [3.8, 4) is 6.07 Å². The third-order valence-electron chi connectivity index (χ3n) is 2.51. The molecule has 0 aliphatic carbocycles. The molecule has 1 aromatic carbocycles. The molecule has 3 N–H and O–H groups in total. The Hall–Kier alpha value is -2.55. The van der Waals surface area contributed by atoms with Crippen LogP contribution in [0.1, 0.15) is 18.9 Å². The first kappa shape index (κ1) is 14.5. The lowest BCUT2D eigenvalue weighted by Gasteiger charge is -2.13. The number of carbonyl (C=O) groups excluding carboxylic acids is 1. The monoisotopic (exact) mass is 261 g/mol. The van der Waals surface area contributed by atoms with Gasteiger partial charge in [0.15, 0.2) is 0 Å². The number of urea groups is 1. The number of carboxylic acid groups (broad SMARTS) is 1. The van der Waals surface area contributed by atoms with Gasteiger partial charge in [0.1, 0.15) is 6.04 Å². The van der Waals surface area contributed by atoms with E-state index in [0.29, 0.717) is 18.5 Å². The van der Waals surface area contributed by atoms with Crippen LogP contribution in [0.15, 0.2) is 24.3 Å². The second kappa shape index (κ2) is 7.01. The molecule has 0 aromatic heterocycles. The summed E-state index contributed by atoms with van der Waals surface area (Å²) in [4.78, 5) is 22.3. The lowest BCUT2D eigenvalue weighted by atomic mass is 10.1. The lowest BCUT2D eigenvalue weighted by molar-refractivity contribution is -0.139. The smallest absolute Gasteiger partial charge is 0.326 e. The molecule has 0 aliphatic heterocycles. The number of carbonyl (C=O) groups is 2. The summed E-state index contributed by atoms with van der Waals surface area (Å²) in [7, 11) is 0. The summed E-state index contributed by atoms with van der Waals surface area (Å²) < 4.78 is 0. The summed E-state index contributed by atoms with van der Waals surface area (Å²) in [5.74, 6) is -1.07. The quantitative estimate of drug-likeness (QED) is 0.751. The standard InChI is InChI=1S/C13H15N3O3/c1-2-11(12(17)18)16-13(19)15-10-5-3-9(4-6-10)7-8-14/h3-6,11H,2,7H2,1H3,(H,17,18)(H2,15,16,19)/t11-/m1/s1. The molecule has 1 atom stereocenters. The van der Waals surface area contributed by atoms with Gasteiger partial charge in [0.05, 0.1) is 12.5 Å². The van der Waals surface area contributed by atoms with Crippen LogP contribution >= 0.6 is 0 Å². The van der Waals surface area contributed by atoms with E-state index in [2.05, 4.69) is 10.6 Å². The summed E-state index contributed by atoms with van der Waals surface area (Å²) in [6, 6.07) is 7.33. The van der Waals surface area contributed by atoms with E-state index in [1.807, 2.05) is 6.07 Å². The van der Waals surface area contributed by atoms with Crippen LogP contribution in [-0.2, 0) is 11.2 Å². The van der Waals surface area contributed by atoms with E-state index >= 15 is 0 Å². The third kappa shape index (κ3) is 4.68. The van der Waals surface area contributed by atoms with Crippen LogP contribution in [0, 0.1) is 11.3 Å². The maximum atomic E-state index is 11.6. The van der Waals surface area contributed by atoms with Crippen LogP contribution in [0.4, 0.5) is 10.5 Å². The zero-order valence-electron chi connectivity index (χ0n) is 10.5. The second-order valence-electron chi connectivity index (χ2n) is 3.93. The molecule has 100 valence electrons. The molecule has 0 heterocycles. The van der Waals surface area contributed by atoms with Gasteiger partial charge in [0.2, 0.25) is 0 Å². The largest absolute Gasteiger partial charge is 0.480 e. The Morgan fingerprint density at radius 3 is 2.47 bits per heavy atom. The maximum Gasteiger partial charge on any atom is 0.326 e. The van der Waals surface area contributed by atoms with Crippen molar-refractivity contribution in [1.29, 1.82) is 5.26 Å². The Balaban J connectivity index is 2.57. The number of nitrogens with zero attached hydrogens (tertiary/aromatic N) is 1. The first-order chi connectivity index (χ1) is 9.06. The number of benzene rings is 1. The Bertz CT molecular complexity index is 491. The first-order valence-corrected chi connectivity index (χ1v) is 5.83. The highest BCUT2D eigenvalue weighted by molar-refractivity contribution is 5.92. The number of nitrogens with one attached hydrogen (secondary N) is 2. The normalized spacial score (nSPS) is 11.2. The SMILES string of the molecule is CC[C@@H](NC(=O)Nc1ccc(CC#N)cc1)C(=O)O. The number of amides is 2. The predicted octanol–water partition coefficient (Wildman–Crippen LogP) is 1.74. The average molecular weight is 261 g/mol. The Morgan fingerprint density at radius 1 is 1.37 bits per heavy atom. The number of hydrogen-bond acceptors (Lipinski definition) is 3. The van der Waals surface area contributed by atoms with Gasteiger partial charge < -0.3 is 15.7 Å². The molecule has 0 radical (unpaired) electrons. The highest BCUT2D eigenvalue weighted by Gasteiger charge is 2.17. The maximum absolute atomic E-state index is 11.6. The Kier molecular flexibility index (Phi) is 5.35. The first-order valence-electron chi connectivity index (χ1n) is 5.83. The molecule has 0 spiro atoms. The summed E-state index contributed by atoms with van der Waals surface area (Å²) in [6.45, 7) is 1.68. The molecule has 0 saturated carbocycles. The number of carboxylic acids is 1. The van der Waals surface area contributed by atoms with E-state index in [1.165, 1.54) is 0 Å². The van der Waals surface area contributed by atoms with Crippen molar-refractivity contribution in [2.75, 3.05) is 5.32 Å². The summed E-state index contributed by atoms with van der Waals surface area (Å²) in [6.07, 6.45) is 0.618.